The molecule has 4 aromatic rings. The molecule has 1 unspecified atom stereocenters. The van der Waals surface area contributed by atoms with E-state index in [1.54, 1.807) is 11.8 Å². The lowest BCUT2D eigenvalue weighted by Crippen LogP contribution is -2.31. The first kappa shape index (κ1) is 27.5. The van der Waals surface area contributed by atoms with Gasteiger partial charge in [-0.15, -0.1) is 11.3 Å². The van der Waals surface area contributed by atoms with Crippen LogP contribution in [0, 0.1) is 20.8 Å². The van der Waals surface area contributed by atoms with Crippen molar-refractivity contribution in [2.75, 3.05) is 0 Å². The maximum Gasteiger partial charge on any atom is 0.290 e. The summed E-state index contributed by atoms with van der Waals surface area (Å²) in [5.74, 6) is -1.40. The number of thiazole rings is 1. The van der Waals surface area contributed by atoms with Crippen LogP contribution in [0.4, 0.5) is 0 Å². The minimum Gasteiger partial charge on any atom is -0.503 e. The van der Waals surface area contributed by atoms with Crippen molar-refractivity contribution in [1.29, 1.82) is 0 Å². The van der Waals surface area contributed by atoms with Crippen LogP contribution in [-0.4, -0.2) is 26.7 Å². The second-order valence-electron chi connectivity index (χ2n) is 11.5. The van der Waals surface area contributed by atoms with Crippen molar-refractivity contribution in [2.45, 2.75) is 59.5 Å². The van der Waals surface area contributed by atoms with Crippen molar-refractivity contribution in [3.05, 3.63) is 123 Å². The number of aliphatic hydroxyl groups is 1. The standard InChI is InChI=1S/C34H34N2O3S/c1-20-12-13-21(2)25(18-20)19-36-28(23-14-16-26(17-15-23)34(4,5)6)27(30(38)33(36)39)29(37)31-22(3)35-32(40-31)24-10-8-7-9-11-24/h7-18,28,38H,19H2,1-6H3. The molecule has 0 bridgehead atoms. The zero-order chi connectivity index (χ0) is 28.8. The molecule has 1 aromatic heterocycles. The summed E-state index contributed by atoms with van der Waals surface area (Å²) in [5, 5.41) is 12.0. The number of benzene rings is 3. The highest BCUT2D eigenvalue weighted by Crippen LogP contribution is 2.42. The highest BCUT2D eigenvalue weighted by Gasteiger charge is 2.44. The zero-order valence-electron chi connectivity index (χ0n) is 23.8. The fourth-order valence-electron chi connectivity index (χ4n) is 5.15. The van der Waals surface area contributed by atoms with Crippen molar-refractivity contribution in [3.63, 3.8) is 0 Å². The number of nitrogens with zero attached hydrogens (tertiary/aromatic N) is 2. The molecule has 1 aliphatic rings. The molecule has 1 aliphatic heterocycles. The molecule has 2 heterocycles. The Kier molecular flexibility index (Phi) is 7.23. The molecule has 1 amide bonds. The van der Waals surface area contributed by atoms with Gasteiger partial charge in [-0.05, 0) is 48.4 Å². The molecule has 5 rings (SSSR count). The summed E-state index contributed by atoms with van der Waals surface area (Å²) in [6.45, 7) is 12.5. The highest BCUT2D eigenvalue weighted by molar-refractivity contribution is 7.17. The summed E-state index contributed by atoms with van der Waals surface area (Å²) in [6.07, 6.45) is 0. The van der Waals surface area contributed by atoms with Gasteiger partial charge >= 0.3 is 0 Å². The topological polar surface area (TPSA) is 70.5 Å². The lowest BCUT2D eigenvalue weighted by molar-refractivity contribution is -0.130. The van der Waals surface area contributed by atoms with Gasteiger partial charge in [0, 0.05) is 12.1 Å². The van der Waals surface area contributed by atoms with Gasteiger partial charge < -0.3 is 10.0 Å². The van der Waals surface area contributed by atoms with Crippen molar-refractivity contribution in [2.24, 2.45) is 0 Å². The maximum atomic E-state index is 14.2. The van der Waals surface area contributed by atoms with E-state index in [1.165, 1.54) is 11.3 Å². The van der Waals surface area contributed by atoms with Crippen LogP contribution in [0.1, 0.15) is 70.0 Å². The van der Waals surface area contributed by atoms with Gasteiger partial charge in [0.15, 0.2) is 5.76 Å². The smallest absolute Gasteiger partial charge is 0.290 e. The van der Waals surface area contributed by atoms with E-state index in [4.69, 9.17) is 0 Å². The Morgan fingerprint density at radius 2 is 1.65 bits per heavy atom. The first-order valence-corrected chi connectivity index (χ1v) is 14.3. The number of amides is 1. The van der Waals surface area contributed by atoms with Gasteiger partial charge in [-0.3, -0.25) is 9.59 Å². The number of carbonyl (C=O) groups is 2. The minimum atomic E-state index is -0.726. The molecule has 3 aromatic carbocycles. The van der Waals surface area contributed by atoms with Gasteiger partial charge in [-0.25, -0.2) is 4.98 Å². The van der Waals surface area contributed by atoms with Crippen LogP contribution in [0.2, 0.25) is 0 Å². The van der Waals surface area contributed by atoms with Gasteiger partial charge in [-0.1, -0.05) is 99.1 Å². The van der Waals surface area contributed by atoms with Gasteiger partial charge in [-0.2, -0.15) is 0 Å². The van der Waals surface area contributed by atoms with Crippen LogP contribution < -0.4 is 0 Å². The summed E-state index contributed by atoms with van der Waals surface area (Å²) in [6, 6.07) is 23.1. The average Bonchev–Trinajstić information content (AvgIpc) is 3.43. The van der Waals surface area contributed by atoms with E-state index in [-0.39, 0.29) is 23.3 Å². The number of carbonyl (C=O) groups excluding carboxylic acids is 2. The minimum absolute atomic E-state index is 0.0490. The van der Waals surface area contributed by atoms with Crippen molar-refractivity contribution in [3.8, 4) is 10.6 Å². The Morgan fingerprint density at radius 3 is 2.30 bits per heavy atom. The van der Waals surface area contributed by atoms with Crippen LogP contribution in [0.3, 0.4) is 0 Å². The average molecular weight is 551 g/mol. The number of hydrogen-bond acceptors (Lipinski definition) is 5. The normalized spacial score (nSPS) is 15.7. The van der Waals surface area contributed by atoms with E-state index >= 15 is 0 Å². The van der Waals surface area contributed by atoms with E-state index in [0.717, 1.165) is 38.4 Å². The van der Waals surface area contributed by atoms with Crippen LogP contribution >= 0.6 is 11.3 Å². The Labute approximate surface area is 239 Å². The number of hydrogen-bond donors (Lipinski definition) is 1. The predicted octanol–water partition coefficient (Wildman–Crippen LogP) is 7.81. The third kappa shape index (κ3) is 5.11. The van der Waals surface area contributed by atoms with Crippen molar-refractivity contribution < 1.29 is 14.7 Å². The van der Waals surface area contributed by atoms with Gasteiger partial charge in [0.1, 0.15) is 5.01 Å². The monoisotopic (exact) mass is 550 g/mol. The fraction of sp³-hybridized carbons (Fsp3) is 0.265. The highest BCUT2D eigenvalue weighted by atomic mass is 32.1. The zero-order valence-corrected chi connectivity index (χ0v) is 24.6. The molecule has 0 aliphatic carbocycles. The Bertz CT molecular complexity index is 1630. The number of ketones is 1. The lowest BCUT2D eigenvalue weighted by atomic mass is 9.85. The van der Waals surface area contributed by atoms with Crippen LogP contribution in [-0.2, 0) is 16.8 Å². The van der Waals surface area contributed by atoms with Gasteiger partial charge in [0.25, 0.3) is 5.91 Å². The number of rotatable bonds is 6. The largest absolute Gasteiger partial charge is 0.503 e. The third-order valence-electron chi connectivity index (χ3n) is 7.51. The predicted molar refractivity (Wildman–Crippen MR) is 161 cm³/mol. The fourth-order valence-corrected chi connectivity index (χ4v) is 6.17. The summed E-state index contributed by atoms with van der Waals surface area (Å²) >= 11 is 1.29. The van der Waals surface area contributed by atoms with E-state index in [0.29, 0.717) is 10.6 Å². The molecule has 1 atom stereocenters. The molecule has 0 saturated carbocycles. The Morgan fingerprint density at radius 1 is 0.975 bits per heavy atom. The van der Waals surface area contributed by atoms with Crippen LogP contribution in [0.15, 0.2) is 84.1 Å². The molecule has 0 radical (unpaired) electrons. The van der Waals surface area contributed by atoms with Gasteiger partial charge in [0.2, 0.25) is 5.78 Å². The molecule has 1 N–H and O–H groups in total. The van der Waals surface area contributed by atoms with Gasteiger partial charge in [0.05, 0.1) is 22.2 Å². The molecule has 0 saturated heterocycles. The van der Waals surface area contributed by atoms with Crippen molar-refractivity contribution in [1.82, 2.24) is 9.88 Å². The van der Waals surface area contributed by atoms with E-state index in [1.807, 2.05) is 80.6 Å². The van der Waals surface area contributed by atoms with E-state index in [2.05, 4.69) is 31.8 Å². The summed E-state index contributed by atoms with van der Waals surface area (Å²) in [4.78, 5) is 34.5. The molecule has 40 heavy (non-hydrogen) atoms. The number of aromatic nitrogens is 1. The summed E-state index contributed by atoms with van der Waals surface area (Å²) in [5.41, 5.74) is 6.59. The number of aryl methyl sites for hydroxylation is 3. The van der Waals surface area contributed by atoms with E-state index in [9.17, 15) is 14.7 Å². The number of aliphatic hydroxyl groups excluding tert-OH is 1. The number of Topliss-reactive ketones (excluding diaryl/α,β-unsaturated/α-hetero) is 1. The molecule has 0 spiro atoms. The van der Waals surface area contributed by atoms with Crippen LogP contribution in [0.5, 0.6) is 0 Å². The van der Waals surface area contributed by atoms with Crippen LogP contribution in [0.25, 0.3) is 10.6 Å². The third-order valence-corrected chi connectivity index (χ3v) is 8.71. The molecule has 204 valence electrons. The molecular weight excluding hydrogens is 516 g/mol. The summed E-state index contributed by atoms with van der Waals surface area (Å²) < 4.78 is 0. The first-order valence-electron chi connectivity index (χ1n) is 13.4. The van der Waals surface area contributed by atoms with Crippen molar-refractivity contribution >= 4 is 23.0 Å². The molecular formula is C34H34N2O3S. The lowest BCUT2D eigenvalue weighted by Gasteiger charge is -2.28. The van der Waals surface area contributed by atoms with E-state index < -0.39 is 17.7 Å². The quantitative estimate of drug-likeness (QED) is 0.249. The second-order valence-corrected chi connectivity index (χ2v) is 12.5. The molecule has 0 fully saturated rings. The first-order chi connectivity index (χ1) is 19.0. The molecule has 6 heteroatoms. The Hall–Kier alpha value is -4.03. The second kappa shape index (κ2) is 10.5. The summed E-state index contributed by atoms with van der Waals surface area (Å²) in [7, 11) is 0. The Balaban J connectivity index is 1.60. The maximum absolute atomic E-state index is 14.2. The molecule has 5 nitrogen and oxygen atoms in total. The SMILES string of the molecule is Cc1ccc(C)c(CN2C(=O)C(O)=C(C(=O)c3sc(-c4ccccc4)nc3C)C2c2ccc(C(C)(C)C)cc2)c1.